The lowest BCUT2D eigenvalue weighted by Crippen LogP contribution is -2.43. The van der Waals surface area contributed by atoms with Gasteiger partial charge in [0.05, 0.1) is 26.2 Å². The molecule has 1 saturated heterocycles. The van der Waals surface area contributed by atoms with Crippen LogP contribution in [-0.2, 0) is 14.3 Å². The van der Waals surface area contributed by atoms with E-state index >= 15 is 0 Å². The molecule has 4 heteroatoms. The number of hydrogen-bond acceptors (Lipinski definition) is 4. The lowest BCUT2D eigenvalue weighted by molar-refractivity contribution is -0.145. The second kappa shape index (κ2) is 6.66. The van der Waals surface area contributed by atoms with Crippen LogP contribution in [0.25, 0.3) is 0 Å². The van der Waals surface area contributed by atoms with E-state index in [9.17, 15) is 4.79 Å². The first-order valence-corrected chi connectivity index (χ1v) is 5.66. The Morgan fingerprint density at radius 1 is 1.56 bits per heavy atom. The summed E-state index contributed by atoms with van der Waals surface area (Å²) in [7, 11) is 1.41. The largest absolute Gasteiger partial charge is 0.469 e. The molecule has 0 amide bonds. The number of ether oxygens (including phenoxy) is 2. The first-order valence-electron chi connectivity index (χ1n) is 5.66. The Morgan fingerprint density at radius 3 is 2.94 bits per heavy atom. The van der Waals surface area contributed by atoms with Crippen LogP contribution < -0.4 is 0 Å². The first kappa shape index (κ1) is 13.2. The molecule has 1 fully saturated rings. The van der Waals surface area contributed by atoms with Crippen molar-refractivity contribution in [3.05, 3.63) is 11.6 Å². The molecule has 1 rings (SSSR count). The van der Waals surface area contributed by atoms with Crippen LogP contribution in [-0.4, -0.2) is 50.3 Å². The average molecular weight is 227 g/mol. The molecule has 0 aromatic carbocycles. The zero-order valence-electron chi connectivity index (χ0n) is 10.4. The highest BCUT2D eigenvalue weighted by Gasteiger charge is 2.22. The Morgan fingerprint density at radius 2 is 2.31 bits per heavy atom. The summed E-state index contributed by atoms with van der Waals surface area (Å²) in [6.45, 7) is 7.54. The third-order valence-corrected chi connectivity index (χ3v) is 2.60. The number of carbonyl (C=O) groups excluding carboxylic acids is 1. The van der Waals surface area contributed by atoms with Gasteiger partial charge in [0.2, 0.25) is 0 Å². The van der Waals surface area contributed by atoms with Crippen LogP contribution in [0.15, 0.2) is 11.6 Å². The molecule has 92 valence electrons. The Labute approximate surface area is 97.2 Å². The van der Waals surface area contributed by atoms with Crippen LogP contribution >= 0.6 is 0 Å². The number of carbonyl (C=O) groups is 1. The minimum atomic E-state index is -0.200. The molecule has 0 aromatic heterocycles. The second-order valence-corrected chi connectivity index (χ2v) is 4.31. The van der Waals surface area contributed by atoms with Crippen LogP contribution in [0.2, 0.25) is 0 Å². The van der Waals surface area contributed by atoms with Gasteiger partial charge in [-0.2, -0.15) is 0 Å². The van der Waals surface area contributed by atoms with E-state index < -0.39 is 0 Å². The Kier molecular flexibility index (Phi) is 5.49. The van der Waals surface area contributed by atoms with Crippen molar-refractivity contribution >= 4 is 5.97 Å². The molecule has 0 bridgehead atoms. The fourth-order valence-corrected chi connectivity index (χ4v) is 1.65. The predicted molar refractivity (Wildman–Crippen MR) is 62.2 cm³/mol. The van der Waals surface area contributed by atoms with Crippen LogP contribution in [0, 0.1) is 0 Å². The van der Waals surface area contributed by atoms with Gasteiger partial charge in [-0.1, -0.05) is 11.6 Å². The molecule has 0 N–H and O–H groups in total. The standard InChI is InChI=1S/C12H21NO3/c1-10(2)4-5-13-6-7-16-11(9-13)8-12(14)15-3/h4,11H,5-9H2,1-3H3/t11-/m0/s1. The summed E-state index contributed by atoms with van der Waals surface area (Å²) in [6, 6.07) is 0. The number of hydrogen-bond donors (Lipinski definition) is 0. The molecule has 1 aliphatic rings. The molecule has 1 atom stereocenters. The quantitative estimate of drug-likeness (QED) is 0.534. The minimum absolute atomic E-state index is 0.0215. The Balaban J connectivity index is 2.35. The molecular formula is C12H21NO3. The van der Waals surface area contributed by atoms with Crippen molar-refractivity contribution < 1.29 is 14.3 Å². The van der Waals surface area contributed by atoms with Crippen molar-refractivity contribution in [3.63, 3.8) is 0 Å². The fourth-order valence-electron chi connectivity index (χ4n) is 1.65. The van der Waals surface area contributed by atoms with E-state index in [-0.39, 0.29) is 12.1 Å². The number of esters is 1. The SMILES string of the molecule is COC(=O)C[C@H]1CN(CC=C(C)C)CCO1. The summed E-state index contributed by atoms with van der Waals surface area (Å²) in [4.78, 5) is 13.4. The zero-order chi connectivity index (χ0) is 12.0. The maximum absolute atomic E-state index is 11.1. The van der Waals surface area contributed by atoms with Gasteiger partial charge in [0.25, 0.3) is 0 Å². The number of methoxy groups -OCH3 is 1. The van der Waals surface area contributed by atoms with Crippen molar-refractivity contribution in [2.75, 3.05) is 33.4 Å². The molecular weight excluding hydrogens is 206 g/mol. The number of allylic oxidation sites excluding steroid dienone is 1. The number of morpholine rings is 1. The first-order chi connectivity index (χ1) is 7.61. The highest BCUT2D eigenvalue weighted by Crippen LogP contribution is 2.09. The number of rotatable bonds is 4. The Hall–Kier alpha value is -0.870. The van der Waals surface area contributed by atoms with Crippen molar-refractivity contribution in [2.45, 2.75) is 26.4 Å². The average Bonchev–Trinajstić information content (AvgIpc) is 2.26. The summed E-state index contributed by atoms with van der Waals surface area (Å²) in [5, 5.41) is 0. The predicted octanol–water partition coefficient (Wildman–Crippen LogP) is 1.22. The maximum atomic E-state index is 11.1. The van der Waals surface area contributed by atoms with Gasteiger partial charge in [-0.05, 0) is 13.8 Å². The van der Waals surface area contributed by atoms with Crippen LogP contribution in [0.1, 0.15) is 20.3 Å². The lowest BCUT2D eigenvalue weighted by atomic mass is 10.2. The fraction of sp³-hybridized carbons (Fsp3) is 0.750. The van der Waals surface area contributed by atoms with Crippen molar-refractivity contribution in [1.29, 1.82) is 0 Å². The van der Waals surface area contributed by atoms with E-state index in [4.69, 9.17) is 4.74 Å². The second-order valence-electron chi connectivity index (χ2n) is 4.31. The van der Waals surface area contributed by atoms with Gasteiger partial charge in [-0.3, -0.25) is 9.69 Å². The molecule has 0 spiro atoms. The summed E-state index contributed by atoms with van der Waals surface area (Å²) in [5.41, 5.74) is 1.32. The summed E-state index contributed by atoms with van der Waals surface area (Å²) < 4.78 is 10.2. The molecule has 1 aliphatic heterocycles. The smallest absolute Gasteiger partial charge is 0.308 e. The van der Waals surface area contributed by atoms with E-state index in [1.54, 1.807) is 0 Å². The third kappa shape index (κ3) is 4.77. The van der Waals surface area contributed by atoms with Crippen molar-refractivity contribution in [1.82, 2.24) is 4.90 Å². The summed E-state index contributed by atoms with van der Waals surface area (Å²) in [6.07, 6.45) is 2.52. The van der Waals surface area contributed by atoms with E-state index in [1.165, 1.54) is 12.7 Å². The molecule has 4 nitrogen and oxygen atoms in total. The van der Waals surface area contributed by atoms with Gasteiger partial charge in [0, 0.05) is 19.6 Å². The topological polar surface area (TPSA) is 38.8 Å². The van der Waals surface area contributed by atoms with Crippen molar-refractivity contribution in [2.24, 2.45) is 0 Å². The zero-order valence-corrected chi connectivity index (χ0v) is 10.4. The van der Waals surface area contributed by atoms with E-state index in [0.29, 0.717) is 13.0 Å². The van der Waals surface area contributed by atoms with E-state index in [1.807, 2.05) is 0 Å². The molecule has 0 aromatic rings. The van der Waals surface area contributed by atoms with Crippen molar-refractivity contribution in [3.8, 4) is 0 Å². The van der Waals surface area contributed by atoms with E-state index in [2.05, 4.69) is 29.6 Å². The van der Waals surface area contributed by atoms with Crippen LogP contribution in [0.4, 0.5) is 0 Å². The van der Waals surface area contributed by atoms with Gasteiger partial charge in [0.1, 0.15) is 0 Å². The molecule has 0 radical (unpaired) electrons. The normalized spacial score (nSPS) is 21.6. The van der Waals surface area contributed by atoms with Crippen LogP contribution in [0.3, 0.4) is 0 Å². The minimum Gasteiger partial charge on any atom is -0.469 e. The molecule has 16 heavy (non-hydrogen) atoms. The Bertz CT molecular complexity index is 259. The van der Waals surface area contributed by atoms with Gasteiger partial charge in [-0.25, -0.2) is 0 Å². The number of nitrogens with zero attached hydrogens (tertiary/aromatic N) is 1. The summed E-state index contributed by atoms with van der Waals surface area (Å²) in [5.74, 6) is -0.200. The lowest BCUT2D eigenvalue weighted by Gasteiger charge is -2.31. The highest BCUT2D eigenvalue weighted by atomic mass is 16.5. The monoisotopic (exact) mass is 227 g/mol. The molecule has 0 aliphatic carbocycles. The van der Waals surface area contributed by atoms with E-state index in [0.717, 1.165) is 19.6 Å². The van der Waals surface area contributed by atoms with Gasteiger partial charge in [-0.15, -0.1) is 0 Å². The highest BCUT2D eigenvalue weighted by molar-refractivity contribution is 5.69. The summed E-state index contributed by atoms with van der Waals surface area (Å²) >= 11 is 0. The molecule has 0 saturated carbocycles. The van der Waals surface area contributed by atoms with Crippen LogP contribution in [0.5, 0.6) is 0 Å². The molecule has 1 heterocycles. The maximum Gasteiger partial charge on any atom is 0.308 e. The van der Waals surface area contributed by atoms with Gasteiger partial charge in [0.15, 0.2) is 0 Å². The van der Waals surface area contributed by atoms with Gasteiger partial charge >= 0.3 is 5.97 Å². The van der Waals surface area contributed by atoms with Gasteiger partial charge < -0.3 is 9.47 Å². The third-order valence-electron chi connectivity index (χ3n) is 2.60. The molecule has 0 unspecified atom stereocenters.